The lowest BCUT2D eigenvalue weighted by Crippen LogP contribution is -2.51. The minimum Gasteiger partial charge on any atom is -0.468 e. The molecule has 1 saturated heterocycles. The molecule has 1 aliphatic rings. The highest BCUT2D eigenvalue weighted by molar-refractivity contribution is 6.31. The van der Waals surface area contributed by atoms with E-state index in [4.69, 9.17) is 20.8 Å². The summed E-state index contributed by atoms with van der Waals surface area (Å²) in [6.45, 7) is 2.07. The molecule has 2 aromatic carbocycles. The second-order valence-corrected chi connectivity index (χ2v) is 7.96. The average molecular weight is 454 g/mol. The zero-order chi connectivity index (χ0) is 22.5. The average Bonchev–Trinajstić information content (AvgIpc) is 3.30. The van der Waals surface area contributed by atoms with E-state index in [0.29, 0.717) is 48.3 Å². The molecule has 3 aromatic rings. The number of rotatable bonds is 6. The normalized spacial score (nSPS) is 15.4. The highest BCUT2D eigenvalue weighted by Gasteiger charge is 2.33. The van der Waals surface area contributed by atoms with E-state index in [-0.39, 0.29) is 18.3 Å². The summed E-state index contributed by atoms with van der Waals surface area (Å²) in [5.41, 5.74) is 2.17. The second-order valence-electron chi connectivity index (χ2n) is 7.55. The molecule has 0 spiro atoms. The van der Waals surface area contributed by atoms with Gasteiger partial charge in [-0.3, -0.25) is 9.69 Å². The molecule has 1 atom stereocenters. The fourth-order valence-corrected chi connectivity index (χ4v) is 4.12. The molecule has 2 heterocycles. The Bertz CT molecular complexity index is 1080. The van der Waals surface area contributed by atoms with Gasteiger partial charge in [0.05, 0.1) is 19.2 Å². The van der Waals surface area contributed by atoms with Crippen LogP contribution >= 0.6 is 11.6 Å². The largest absolute Gasteiger partial charge is 0.468 e. The van der Waals surface area contributed by atoms with Crippen LogP contribution in [-0.4, -0.2) is 59.9 Å². The molecule has 4 rings (SSSR count). The first-order valence-corrected chi connectivity index (χ1v) is 10.8. The molecule has 1 aliphatic heterocycles. The van der Waals surface area contributed by atoms with Crippen molar-refractivity contribution < 1.29 is 18.7 Å². The second kappa shape index (κ2) is 9.97. The first kappa shape index (κ1) is 22.0. The number of aromatic nitrogens is 1. The van der Waals surface area contributed by atoms with E-state index in [0.717, 1.165) is 5.56 Å². The number of nitrogens with zero attached hydrogens (tertiary/aromatic N) is 3. The van der Waals surface area contributed by atoms with Gasteiger partial charge in [-0.25, -0.2) is 9.78 Å². The predicted molar refractivity (Wildman–Crippen MR) is 120 cm³/mol. The first-order chi connectivity index (χ1) is 15.6. The third-order valence-electron chi connectivity index (χ3n) is 5.56. The highest BCUT2D eigenvalue weighted by Crippen LogP contribution is 2.29. The molecule has 8 heteroatoms. The van der Waals surface area contributed by atoms with Crippen molar-refractivity contribution in [2.24, 2.45) is 0 Å². The Morgan fingerprint density at radius 2 is 1.75 bits per heavy atom. The lowest BCUT2D eigenvalue weighted by molar-refractivity contribution is -0.148. The zero-order valence-corrected chi connectivity index (χ0v) is 18.5. The molecule has 1 unspecified atom stereocenters. The van der Waals surface area contributed by atoms with Crippen LogP contribution in [0.1, 0.15) is 17.3 Å². The number of esters is 1. The van der Waals surface area contributed by atoms with Crippen LogP contribution in [0.15, 0.2) is 65.3 Å². The van der Waals surface area contributed by atoms with Crippen LogP contribution in [-0.2, 0) is 20.7 Å². The Morgan fingerprint density at radius 3 is 2.44 bits per heavy atom. The van der Waals surface area contributed by atoms with Crippen LogP contribution in [0.25, 0.3) is 11.5 Å². The highest BCUT2D eigenvalue weighted by atomic mass is 35.5. The molecule has 1 amide bonds. The van der Waals surface area contributed by atoms with E-state index in [9.17, 15) is 9.59 Å². The first-order valence-electron chi connectivity index (χ1n) is 10.4. The molecular formula is C24H24ClN3O4. The molecular weight excluding hydrogens is 430 g/mol. The topological polar surface area (TPSA) is 75.9 Å². The molecule has 0 radical (unpaired) electrons. The summed E-state index contributed by atoms with van der Waals surface area (Å²) >= 11 is 6.34. The van der Waals surface area contributed by atoms with Crippen LogP contribution in [0.4, 0.5) is 0 Å². The van der Waals surface area contributed by atoms with E-state index < -0.39 is 6.04 Å². The van der Waals surface area contributed by atoms with Crippen molar-refractivity contribution in [1.29, 1.82) is 0 Å². The van der Waals surface area contributed by atoms with Gasteiger partial charge in [0, 0.05) is 36.8 Å². The zero-order valence-electron chi connectivity index (χ0n) is 17.7. The van der Waals surface area contributed by atoms with Gasteiger partial charge < -0.3 is 14.1 Å². The Balaban J connectivity index is 1.38. The van der Waals surface area contributed by atoms with E-state index in [1.54, 1.807) is 11.0 Å². The van der Waals surface area contributed by atoms with Gasteiger partial charge in [-0.15, -0.1) is 0 Å². The van der Waals surface area contributed by atoms with Gasteiger partial charge in [0.1, 0.15) is 12.3 Å². The number of ether oxygens (including phenoxy) is 1. The molecule has 1 aromatic heterocycles. The molecule has 0 saturated carbocycles. The number of halogens is 1. The fourth-order valence-electron chi connectivity index (χ4n) is 3.88. The molecule has 166 valence electrons. The number of piperazine rings is 1. The van der Waals surface area contributed by atoms with Crippen LogP contribution in [0, 0.1) is 0 Å². The summed E-state index contributed by atoms with van der Waals surface area (Å²) in [7, 11) is 1.37. The summed E-state index contributed by atoms with van der Waals surface area (Å²) in [4.78, 5) is 33.6. The van der Waals surface area contributed by atoms with Crippen molar-refractivity contribution in [2.75, 3.05) is 33.3 Å². The van der Waals surface area contributed by atoms with E-state index >= 15 is 0 Å². The maximum absolute atomic E-state index is 12.8. The molecule has 32 heavy (non-hydrogen) atoms. The van der Waals surface area contributed by atoms with Gasteiger partial charge in [0.25, 0.3) is 0 Å². The minimum atomic E-state index is -0.602. The van der Waals surface area contributed by atoms with Crippen molar-refractivity contribution >= 4 is 23.5 Å². The molecule has 0 bridgehead atoms. The van der Waals surface area contributed by atoms with Crippen molar-refractivity contribution in [2.45, 2.75) is 12.5 Å². The quantitative estimate of drug-likeness (QED) is 0.531. The summed E-state index contributed by atoms with van der Waals surface area (Å²) in [5, 5.41) is 0.515. The number of hydrogen-bond acceptors (Lipinski definition) is 6. The van der Waals surface area contributed by atoms with E-state index in [2.05, 4.69) is 4.98 Å². The van der Waals surface area contributed by atoms with Crippen LogP contribution in [0.5, 0.6) is 0 Å². The fraction of sp³-hybridized carbons (Fsp3) is 0.292. The maximum atomic E-state index is 12.8. The van der Waals surface area contributed by atoms with Crippen molar-refractivity contribution in [3.05, 3.63) is 77.1 Å². The van der Waals surface area contributed by atoms with E-state index in [1.807, 2.05) is 53.4 Å². The van der Waals surface area contributed by atoms with Gasteiger partial charge in [0.15, 0.2) is 0 Å². The molecule has 1 fully saturated rings. The summed E-state index contributed by atoms with van der Waals surface area (Å²) in [5.74, 6) is 0.109. The van der Waals surface area contributed by atoms with Crippen molar-refractivity contribution in [1.82, 2.24) is 14.8 Å². The number of hydrogen-bond donors (Lipinski definition) is 0. The monoisotopic (exact) mass is 453 g/mol. The molecule has 7 nitrogen and oxygen atoms in total. The summed E-state index contributed by atoms with van der Waals surface area (Å²) in [6, 6.07) is 16.2. The standard InChI is InChI=1S/C24H24ClN3O4/c1-31-24(30)22(19-9-5-6-10-20(19)25)28-13-11-27(12-14-28)21(29)15-18-16-32-23(26-18)17-7-3-2-4-8-17/h2-10,16,22H,11-15H2,1H3. The van der Waals surface area contributed by atoms with E-state index in [1.165, 1.54) is 13.4 Å². The summed E-state index contributed by atoms with van der Waals surface area (Å²) < 4.78 is 10.6. The van der Waals surface area contributed by atoms with Gasteiger partial charge in [0.2, 0.25) is 11.8 Å². The minimum absolute atomic E-state index is 0.0232. The Kier molecular flexibility index (Phi) is 6.87. The third-order valence-corrected chi connectivity index (χ3v) is 5.91. The number of oxazole rings is 1. The predicted octanol–water partition coefficient (Wildman–Crippen LogP) is 3.60. The number of amides is 1. The van der Waals surface area contributed by atoms with Crippen LogP contribution in [0.2, 0.25) is 5.02 Å². The van der Waals surface area contributed by atoms with Crippen molar-refractivity contribution in [3.8, 4) is 11.5 Å². The summed E-state index contributed by atoms with van der Waals surface area (Å²) in [6.07, 6.45) is 1.70. The Morgan fingerprint density at radius 1 is 1.06 bits per heavy atom. The Hall–Kier alpha value is -3.16. The molecule has 0 N–H and O–H groups in total. The SMILES string of the molecule is COC(=O)C(c1ccccc1Cl)N1CCN(C(=O)Cc2coc(-c3ccccc3)n2)CC1. The number of methoxy groups -OCH3 is 1. The Labute approximate surface area is 191 Å². The van der Waals surface area contributed by atoms with Gasteiger partial charge in [-0.1, -0.05) is 48.0 Å². The third kappa shape index (κ3) is 4.84. The van der Waals surface area contributed by atoms with Crippen molar-refractivity contribution in [3.63, 3.8) is 0 Å². The number of carbonyl (C=O) groups excluding carboxylic acids is 2. The molecule has 0 aliphatic carbocycles. The lowest BCUT2D eigenvalue weighted by Gasteiger charge is -2.38. The lowest BCUT2D eigenvalue weighted by atomic mass is 10.0. The van der Waals surface area contributed by atoms with Crippen LogP contribution in [0.3, 0.4) is 0 Å². The van der Waals surface area contributed by atoms with Gasteiger partial charge >= 0.3 is 5.97 Å². The van der Waals surface area contributed by atoms with Crippen LogP contribution < -0.4 is 0 Å². The smallest absolute Gasteiger partial charge is 0.327 e. The number of benzene rings is 2. The van der Waals surface area contributed by atoms with Gasteiger partial charge in [-0.05, 0) is 23.8 Å². The number of carbonyl (C=O) groups is 2. The maximum Gasteiger partial charge on any atom is 0.327 e. The van der Waals surface area contributed by atoms with Gasteiger partial charge in [-0.2, -0.15) is 0 Å².